The van der Waals surface area contributed by atoms with Crippen molar-refractivity contribution in [1.29, 1.82) is 0 Å². The molecule has 0 radical (unpaired) electrons. The number of aliphatic hydroxyl groups excluding tert-OH is 1. The number of hydrogen-bond acceptors (Lipinski definition) is 5. The smallest absolute Gasteiger partial charge is 0.251 e. The van der Waals surface area contributed by atoms with Crippen molar-refractivity contribution in [2.45, 2.75) is 64.0 Å². The molecule has 0 unspecified atom stereocenters. The van der Waals surface area contributed by atoms with Gasteiger partial charge in [-0.2, -0.15) is 4.31 Å². The number of carbonyl (C=O) groups is 1. The first-order chi connectivity index (χ1) is 15.8. The predicted octanol–water partition coefficient (Wildman–Crippen LogP) is 3.86. The fourth-order valence-corrected chi connectivity index (χ4v) is 5.21. The van der Waals surface area contributed by atoms with Crippen molar-refractivity contribution >= 4 is 15.9 Å². The molecule has 34 heavy (non-hydrogen) atoms. The zero-order valence-electron chi connectivity index (χ0n) is 21.0. The van der Waals surface area contributed by atoms with Crippen LogP contribution in [0.15, 0.2) is 53.4 Å². The van der Waals surface area contributed by atoms with Gasteiger partial charge in [-0.1, -0.05) is 32.0 Å². The molecule has 2 N–H and O–H groups in total. The lowest BCUT2D eigenvalue weighted by Crippen LogP contribution is -2.41. The second-order valence-corrected chi connectivity index (χ2v) is 11.9. The third-order valence-corrected chi connectivity index (χ3v) is 7.06. The predicted molar refractivity (Wildman–Crippen MR) is 135 cm³/mol. The summed E-state index contributed by atoms with van der Waals surface area (Å²) in [5.74, 6) is 0.504. The number of hydrogen-bond donors (Lipinski definition) is 2. The van der Waals surface area contributed by atoms with Crippen LogP contribution >= 0.6 is 0 Å². The van der Waals surface area contributed by atoms with Gasteiger partial charge in [0.05, 0.1) is 18.1 Å². The van der Waals surface area contributed by atoms with Crippen molar-refractivity contribution in [3.05, 3.63) is 59.7 Å². The highest BCUT2D eigenvalue weighted by atomic mass is 32.2. The van der Waals surface area contributed by atoms with Crippen LogP contribution in [-0.2, 0) is 16.4 Å². The molecule has 0 bridgehead atoms. The molecular weight excluding hydrogens is 452 g/mol. The van der Waals surface area contributed by atoms with Crippen molar-refractivity contribution in [3.8, 4) is 5.75 Å². The van der Waals surface area contributed by atoms with E-state index in [4.69, 9.17) is 4.74 Å². The summed E-state index contributed by atoms with van der Waals surface area (Å²) in [5.41, 5.74) is 0.863. The van der Waals surface area contributed by atoms with Gasteiger partial charge in [0, 0.05) is 24.2 Å². The van der Waals surface area contributed by atoms with E-state index >= 15 is 0 Å². The van der Waals surface area contributed by atoms with E-state index in [0.29, 0.717) is 17.9 Å². The van der Waals surface area contributed by atoms with E-state index in [1.807, 2.05) is 46.8 Å². The summed E-state index contributed by atoms with van der Waals surface area (Å²) >= 11 is 0. The third kappa shape index (κ3) is 8.11. The molecule has 8 heteroatoms. The average Bonchev–Trinajstić information content (AvgIpc) is 2.75. The highest BCUT2D eigenvalue weighted by Crippen LogP contribution is 2.22. The first-order valence-corrected chi connectivity index (χ1v) is 13.0. The molecule has 0 saturated heterocycles. The molecule has 0 saturated carbocycles. The number of methoxy groups -OCH3 is 1. The van der Waals surface area contributed by atoms with Crippen LogP contribution in [0.5, 0.6) is 5.75 Å². The lowest BCUT2D eigenvalue weighted by atomic mass is 9.98. The van der Waals surface area contributed by atoms with E-state index in [9.17, 15) is 18.3 Å². The fraction of sp³-hybridized carbons (Fsp3) is 0.500. The van der Waals surface area contributed by atoms with Crippen LogP contribution < -0.4 is 10.1 Å². The van der Waals surface area contributed by atoms with Crippen molar-refractivity contribution in [1.82, 2.24) is 9.62 Å². The van der Waals surface area contributed by atoms with Crippen LogP contribution in [0.1, 0.15) is 57.0 Å². The van der Waals surface area contributed by atoms with Gasteiger partial charge in [0.1, 0.15) is 5.75 Å². The number of amides is 1. The number of nitrogens with one attached hydrogen (secondary N) is 1. The second kappa shape index (κ2) is 11.8. The van der Waals surface area contributed by atoms with Crippen LogP contribution in [0.4, 0.5) is 0 Å². The summed E-state index contributed by atoms with van der Waals surface area (Å²) in [6.45, 7) is 10.2. The van der Waals surface area contributed by atoms with Gasteiger partial charge in [-0.05, 0) is 75.4 Å². The van der Waals surface area contributed by atoms with Gasteiger partial charge in [0.25, 0.3) is 5.91 Å². The highest BCUT2D eigenvalue weighted by Gasteiger charge is 2.26. The number of aliphatic hydroxyl groups is 1. The number of rotatable bonds is 11. The zero-order chi connectivity index (χ0) is 25.5. The first-order valence-electron chi connectivity index (χ1n) is 11.6. The van der Waals surface area contributed by atoms with Crippen molar-refractivity contribution in [2.24, 2.45) is 5.92 Å². The summed E-state index contributed by atoms with van der Waals surface area (Å²) < 4.78 is 33.1. The van der Waals surface area contributed by atoms with Gasteiger partial charge in [-0.15, -0.1) is 0 Å². The Morgan fingerprint density at radius 3 is 2.26 bits per heavy atom. The number of benzene rings is 2. The standard InChI is InChI=1S/C26H38N2O5S/c1-19(2)18-28(34(31,32)23-13-11-22(33-6)12-14-23)16-15-21(29)17-20-9-7-8-10-24(20)25(30)27-26(3,4)5/h7-14,19,21,29H,15-18H2,1-6H3,(H,27,30)/t21-/m0/s1. The Kier molecular flexibility index (Phi) is 9.67. The monoisotopic (exact) mass is 490 g/mol. The number of nitrogens with zero attached hydrogens (tertiary/aromatic N) is 1. The average molecular weight is 491 g/mol. The van der Waals surface area contributed by atoms with E-state index < -0.39 is 16.1 Å². The number of sulfonamides is 1. The maximum Gasteiger partial charge on any atom is 0.251 e. The molecule has 0 spiro atoms. The lowest BCUT2D eigenvalue weighted by molar-refractivity contribution is 0.0917. The van der Waals surface area contributed by atoms with Crippen LogP contribution in [0, 0.1) is 5.92 Å². The van der Waals surface area contributed by atoms with E-state index in [1.54, 1.807) is 24.3 Å². The van der Waals surface area contributed by atoms with Gasteiger partial charge in [-0.3, -0.25) is 4.79 Å². The minimum atomic E-state index is -3.73. The normalized spacial score (nSPS) is 13.2. The third-order valence-electron chi connectivity index (χ3n) is 5.18. The van der Waals surface area contributed by atoms with Gasteiger partial charge < -0.3 is 15.2 Å². The van der Waals surface area contributed by atoms with Gasteiger partial charge in [-0.25, -0.2) is 8.42 Å². The minimum absolute atomic E-state index is 0.118. The summed E-state index contributed by atoms with van der Waals surface area (Å²) in [6.07, 6.45) is -0.298. The summed E-state index contributed by atoms with van der Waals surface area (Å²) in [4.78, 5) is 12.9. The summed E-state index contributed by atoms with van der Waals surface area (Å²) in [6, 6.07) is 13.5. The molecule has 7 nitrogen and oxygen atoms in total. The Morgan fingerprint density at radius 1 is 1.09 bits per heavy atom. The Balaban J connectivity index is 2.14. The molecule has 0 aliphatic rings. The maximum absolute atomic E-state index is 13.3. The van der Waals surface area contributed by atoms with Crippen LogP contribution in [0.3, 0.4) is 0 Å². The molecular formula is C26H38N2O5S. The van der Waals surface area contributed by atoms with E-state index in [1.165, 1.54) is 23.5 Å². The minimum Gasteiger partial charge on any atom is -0.497 e. The molecule has 1 amide bonds. The van der Waals surface area contributed by atoms with Gasteiger partial charge in [0.2, 0.25) is 10.0 Å². The van der Waals surface area contributed by atoms with E-state index in [2.05, 4.69) is 5.32 Å². The Hall–Kier alpha value is -2.42. The zero-order valence-corrected chi connectivity index (χ0v) is 21.9. The molecule has 188 valence electrons. The number of carbonyl (C=O) groups excluding carboxylic acids is 1. The first kappa shape index (κ1) is 27.8. The van der Waals surface area contributed by atoms with Crippen molar-refractivity contribution in [2.75, 3.05) is 20.2 Å². The molecule has 2 aromatic carbocycles. The van der Waals surface area contributed by atoms with E-state index in [-0.39, 0.29) is 41.6 Å². The Morgan fingerprint density at radius 2 is 1.71 bits per heavy atom. The quantitative estimate of drug-likeness (QED) is 0.499. The molecule has 0 heterocycles. The van der Waals surface area contributed by atoms with Crippen LogP contribution in [0.25, 0.3) is 0 Å². The summed E-state index contributed by atoms with van der Waals surface area (Å²) in [7, 11) is -2.20. The van der Waals surface area contributed by atoms with Crippen LogP contribution in [-0.4, -0.2) is 55.6 Å². The van der Waals surface area contributed by atoms with Crippen LogP contribution in [0.2, 0.25) is 0 Å². The molecule has 1 atom stereocenters. The molecule has 0 aliphatic carbocycles. The summed E-state index contributed by atoms with van der Waals surface area (Å²) in [5, 5.41) is 13.7. The molecule has 0 fully saturated rings. The molecule has 0 aromatic heterocycles. The molecule has 0 aliphatic heterocycles. The largest absolute Gasteiger partial charge is 0.497 e. The topological polar surface area (TPSA) is 95.9 Å². The molecule has 2 rings (SSSR count). The number of ether oxygens (including phenoxy) is 1. The van der Waals surface area contributed by atoms with Crippen molar-refractivity contribution < 1.29 is 23.1 Å². The SMILES string of the molecule is COc1ccc(S(=O)(=O)N(CC[C@H](O)Cc2ccccc2C(=O)NC(C)(C)C)CC(C)C)cc1. The lowest BCUT2D eigenvalue weighted by Gasteiger charge is -2.25. The Labute approximate surface area is 204 Å². The van der Waals surface area contributed by atoms with Crippen molar-refractivity contribution in [3.63, 3.8) is 0 Å². The Bertz CT molecular complexity index is 1040. The highest BCUT2D eigenvalue weighted by molar-refractivity contribution is 7.89. The second-order valence-electron chi connectivity index (χ2n) is 9.94. The molecule has 2 aromatic rings. The fourth-order valence-electron chi connectivity index (χ4n) is 3.59. The van der Waals surface area contributed by atoms with Gasteiger partial charge in [0.15, 0.2) is 0 Å². The maximum atomic E-state index is 13.3. The van der Waals surface area contributed by atoms with E-state index in [0.717, 1.165) is 5.56 Å². The van der Waals surface area contributed by atoms with Gasteiger partial charge >= 0.3 is 0 Å².